The van der Waals surface area contributed by atoms with Crippen LogP contribution in [0, 0.1) is 0 Å². The third-order valence-corrected chi connectivity index (χ3v) is 13.6. The van der Waals surface area contributed by atoms with Crippen LogP contribution in [-0.4, -0.2) is 176 Å². The number of ketones is 3. The van der Waals surface area contributed by atoms with Gasteiger partial charge in [-0.3, -0.25) is 24.2 Å². The number of amides is 1. The summed E-state index contributed by atoms with van der Waals surface area (Å²) in [5.74, 6) is -5.09. The molecule has 4 aliphatic heterocycles. The van der Waals surface area contributed by atoms with Gasteiger partial charge in [-0.25, -0.2) is 9.59 Å². The van der Waals surface area contributed by atoms with E-state index < -0.39 is 145 Å². The van der Waals surface area contributed by atoms with Crippen LogP contribution in [0.15, 0.2) is 42.5 Å². The highest BCUT2D eigenvalue weighted by molar-refractivity contribution is 6.31. The summed E-state index contributed by atoms with van der Waals surface area (Å²) in [5.41, 5.74) is -3.36. The van der Waals surface area contributed by atoms with E-state index in [2.05, 4.69) is 0 Å². The van der Waals surface area contributed by atoms with Gasteiger partial charge in [-0.05, 0) is 30.7 Å². The maximum atomic E-state index is 14.1. The number of Topliss-reactive ketones (excluding diaryl/α,β-unsaturated/α-hetero) is 1. The molecule has 4 saturated heterocycles. The fraction of sp³-hybridized carbons (Fsp3) is 0.500. The number of piperazine rings is 1. The van der Waals surface area contributed by atoms with Crippen LogP contribution in [0.5, 0.6) is 23.0 Å². The van der Waals surface area contributed by atoms with E-state index in [-0.39, 0.29) is 66.3 Å². The first-order valence-electron chi connectivity index (χ1n) is 21.9. The lowest BCUT2D eigenvalue weighted by molar-refractivity contribution is -0.248. The van der Waals surface area contributed by atoms with Gasteiger partial charge in [0.25, 0.3) is 0 Å². The van der Waals surface area contributed by atoms with Gasteiger partial charge < -0.3 is 73.6 Å². The quantitative estimate of drug-likeness (QED) is 0.101. The van der Waals surface area contributed by atoms with Crippen molar-refractivity contribution in [1.82, 2.24) is 9.80 Å². The molecule has 12 atom stereocenters. The molecule has 4 fully saturated rings. The molecule has 0 saturated carbocycles. The molecule has 0 aromatic heterocycles. The lowest BCUT2D eigenvalue weighted by Crippen LogP contribution is -2.62. The van der Waals surface area contributed by atoms with Crippen LogP contribution >= 0.6 is 0 Å². The molecule has 364 valence electrons. The summed E-state index contributed by atoms with van der Waals surface area (Å²) < 4.78 is 47.0. The number of ether oxygens (including phenoxy) is 8. The number of benzene rings is 3. The number of aromatic hydroxyl groups is 2. The molecule has 1 amide bonds. The molecule has 0 unspecified atom stereocenters. The normalized spacial score (nSPS) is 32.0. The molecule has 4 heterocycles. The van der Waals surface area contributed by atoms with Crippen LogP contribution in [0.25, 0.3) is 0 Å². The number of carbonyl (C=O) groups is 5. The molecule has 22 nitrogen and oxygen atoms in total. The predicted octanol–water partition coefficient (Wildman–Crippen LogP) is 0.634. The van der Waals surface area contributed by atoms with Gasteiger partial charge in [0, 0.05) is 68.6 Å². The molecule has 3 aromatic carbocycles. The molecule has 3 aromatic rings. The number of phenols is 2. The van der Waals surface area contributed by atoms with Gasteiger partial charge in [-0.2, -0.15) is 0 Å². The molecule has 7 N–H and O–H groups in total. The number of carboxylic acid groups (broad SMARTS) is 1. The van der Waals surface area contributed by atoms with Crippen molar-refractivity contribution in [3.63, 3.8) is 0 Å². The average molecular weight is 951 g/mol. The number of methoxy groups -OCH3 is 2. The Labute approximate surface area is 387 Å². The number of aliphatic carboxylic acids is 1. The van der Waals surface area contributed by atoms with Gasteiger partial charge in [0.05, 0.1) is 42.1 Å². The Morgan fingerprint density at radius 1 is 0.912 bits per heavy atom. The Bertz CT molecular complexity index is 2520. The average Bonchev–Trinajstić information content (AvgIpc) is 3.71. The van der Waals surface area contributed by atoms with Gasteiger partial charge in [-0.1, -0.05) is 24.3 Å². The van der Waals surface area contributed by atoms with Crippen LogP contribution in [0.4, 0.5) is 4.79 Å². The zero-order valence-corrected chi connectivity index (χ0v) is 36.9. The lowest BCUT2D eigenvalue weighted by atomic mass is 9.72. The highest BCUT2D eigenvalue weighted by atomic mass is 16.7. The summed E-state index contributed by atoms with van der Waals surface area (Å²) in [6, 6.07) is 10.1. The Kier molecular flexibility index (Phi) is 12.7. The molecule has 0 radical (unpaired) electrons. The van der Waals surface area contributed by atoms with Crippen molar-refractivity contribution in [2.24, 2.45) is 0 Å². The number of phenolic OH excluding ortho intramolecular Hbond substituents is 2. The van der Waals surface area contributed by atoms with E-state index in [1.807, 2.05) is 4.90 Å². The van der Waals surface area contributed by atoms with E-state index in [1.54, 1.807) is 19.1 Å². The number of rotatable bonds is 11. The van der Waals surface area contributed by atoms with Gasteiger partial charge in [0.15, 0.2) is 36.4 Å². The lowest BCUT2D eigenvalue weighted by Gasteiger charge is -2.45. The second-order valence-electron chi connectivity index (χ2n) is 17.6. The minimum absolute atomic E-state index is 0.0652. The summed E-state index contributed by atoms with van der Waals surface area (Å²) in [7, 11) is 2.73. The van der Waals surface area contributed by atoms with Gasteiger partial charge in [0.2, 0.25) is 12.1 Å². The van der Waals surface area contributed by atoms with Gasteiger partial charge in [0.1, 0.15) is 54.0 Å². The summed E-state index contributed by atoms with van der Waals surface area (Å²) in [5, 5.41) is 75.0. The second kappa shape index (κ2) is 18.3. The predicted molar refractivity (Wildman–Crippen MR) is 225 cm³/mol. The Morgan fingerprint density at radius 3 is 2.34 bits per heavy atom. The summed E-state index contributed by atoms with van der Waals surface area (Å²) in [6.07, 6.45) is -13.2. The number of hydrogen-bond donors (Lipinski definition) is 7. The SMILES string of the molecule is COc1cccc2c1C(=O)c1c(O)c3c(c(O)c1C2=O)C[C@@](O)(C(=O)CO)C[C@@H]3O[C@H]1C[C@H]2[C@H](O[C@@H]3[C@@H](OC)N(C(=O)OCc4ccc(O[C@@H]5O[C@H](C(=O)O)C[C@H](O)[C@H]5O)cc4)CCN32)[C@H](C)O1. The van der Waals surface area contributed by atoms with E-state index >= 15 is 0 Å². The van der Waals surface area contributed by atoms with Gasteiger partial charge in [-0.15, -0.1) is 0 Å². The molecule has 68 heavy (non-hydrogen) atoms. The topological polar surface area (TPSA) is 307 Å². The van der Waals surface area contributed by atoms with Crippen LogP contribution < -0.4 is 9.47 Å². The van der Waals surface area contributed by atoms with E-state index in [4.69, 9.17) is 37.9 Å². The van der Waals surface area contributed by atoms with E-state index in [0.717, 1.165) is 0 Å². The van der Waals surface area contributed by atoms with Gasteiger partial charge >= 0.3 is 12.1 Å². The second-order valence-corrected chi connectivity index (χ2v) is 17.6. The maximum Gasteiger partial charge on any atom is 0.412 e. The number of carbonyl (C=O) groups excluding carboxylic acids is 4. The number of carboxylic acids is 1. The number of aliphatic hydroxyl groups is 4. The molecule has 0 bridgehead atoms. The third kappa shape index (κ3) is 8.02. The Hall–Kier alpha value is -5.79. The van der Waals surface area contributed by atoms with Crippen molar-refractivity contribution in [1.29, 1.82) is 0 Å². The van der Waals surface area contributed by atoms with Crippen LogP contribution in [-0.2, 0) is 51.0 Å². The summed E-state index contributed by atoms with van der Waals surface area (Å²) in [6.45, 7) is 0.942. The van der Waals surface area contributed by atoms with Crippen LogP contribution in [0.2, 0.25) is 0 Å². The van der Waals surface area contributed by atoms with E-state index in [1.165, 1.54) is 49.5 Å². The number of nitrogens with zero attached hydrogens (tertiary/aromatic N) is 2. The number of hydrogen-bond acceptors (Lipinski definition) is 20. The highest BCUT2D eigenvalue weighted by Gasteiger charge is 2.57. The highest BCUT2D eigenvalue weighted by Crippen LogP contribution is 2.53. The fourth-order valence-corrected chi connectivity index (χ4v) is 10.2. The zero-order valence-electron chi connectivity index (χ0n) is 36.9. The Balaban J connectivity index is 0.894. The molecule has 2 aliphatic carbocycles. The number of fused-ring (bicyclic) bond motifs is 6. The van der Waals surface area contributed by atoms with E-state index in [9.17, 15) is 59.7 Å². The summed E-state index contributed by atoms with van der Waals surface area (Å²) in [4.78, 5) is 69.5. The molecule has 22 heteroatoms. The summed E-state index contributed by atoms with van der Waals surface area (Å²) >= 11 is 0. The zero-order chi connectivity index (χ0) is 48.5. The molecular formula is C46H50N2O20. The standard InChI is InChI=1S/C46H50N2O20/c1-19-40-24(47-11-12-48(41(62-3)42(47)68-40)45(59)63-18-20-7-9-21(10-8-20)65-44-37(54)25(50)14-27(67-44)43(57)58)13-30(64-19)66-28-16-46(60,29(51)17-49)15-23-32(28)39(56)34-33(36(23)53)35(52)22-5-4-6-26(61-2)31(22)38(34)55/h4-10,19,24-25,27-28,30,37,40-42,44,49-50,53-54,56,60H,11-18H2,1-3H3,(H,57,58)/t19-,24-,25-,27-,28-,30-,37+,40+,41+,42+,44+,46-/m0/s1. The minimum Gasteiger partial charge on any atom is -0.507 e. The first-order valence-corrected chi connectivity index (χ1v) is 21.9. The minimum atomic E-state index is -2.33. The van der Waals surface area contributed by atoms with Crippen molar-refractivity contribution >= 4 is 29.4 Å². The van der Waals surface area contributed by atoms with Crippen molar-refractivity contribution in [3.05, 3.63) is 81.4 Å². The van der Waals surface area contributed by atoms with Crippen molar-refractivity contribution in [2.75, 3.05) is 33.9 Å². The molecule has 0 spiro atoms. The molecule has 6 aliphatic rings. The van der Waals surface area contributed by atoms with E-state index in [0.29, 0.717) is 5.56 Å². The fourth-order valence-electron chi connectivity index (χ4n) is 10.2. The smallest absolute Gasteiger partial charge is 0.412 e. The third-order valence-electron chi connectivity index (χ3n) is 13.6. The van der Waals surface area contributed by atoms with Crippen molar-refractivity contribution < 1.29 is 97.6 Å². The first kappa shape index (κ1) is 47.3. The monoisotopic (exact) mass is 950 g/mol. The van der Waals surface area contributed by atoms with Crippen molar-refractivity contribution in [2.45, 2.75) is 113 Å². The first-order chi connectivity index (χ1) is 32.5. The molecular weight excluding hydrogens is 900 g/mol. The largest absolute Gasteiger partial charge is 0.507 e. The maximum absolute atomic E-state index is 14.1. The Morgan fingerprint density at radius 2 is 1.65 bits per heavy atom. The van der Waals surface area contributed by atoms with Crippen molar-refractivity contribution in [3.8, 4) is 23.0 Å². The van der Waals surface area contributed by atoms with Crippen LogP contribution in [0.1, 0.15) is 80.8 Å². The van der Waals surface area contributed by atoms with Crippen LogP contribution in [0.3, 0.4) is 0 Å². The number of aliphatic hydroxyl groups excluding tert-OH is 3. The molecule has 9 rings (SSSR count).